The molecule has 0 spiro atoms. The molecule has 0 aliphatic rings. The van der Waals surface area contributed by atoms with Gasteiger partial charge in [-0.05, 0) is 19.3 Å². The highest BCUT2D eigenvalue weighted by Crippen LogP contribution is 2.04. The lowest BCUT2D eigenvalue weighted by atomic mass is 10.0. The zero-order valence-corrected chi connectivity index (χ0v) is 13.0. The topological polar surface area (TPSA) is 151 Å². The van der Waals surface area contributed by atoms with Gasteiger partial charge in [-0.1, -0.05) is 13.8 Å². The van der Waals surface area contributed by atoms with Crippen LogP contribution in [0.3, 0.4) is 0 Å². The monoisotopic (exact) mass is 316 g/mol. The molecule has 0 radical (unpaired) electrons. The Morgan fingerprint density at radius 2 is 1.55 bits per heavy atom. The highest BCUT2D eigenvalue weighted by molar-refractivity contribution is 5.91. The van der Waals surface area contributed by atoms with E-state index in [0.717, 1.165) is 0 Å². The number of carbonyl (C=O) groups is 4. The molecule has 0 aliphatic heterocycles. The molecule has 0 fully saturated rings. The number of hydrogen-bond donors (Lipinski definition) is 5. The van der Waals surface area contributed by atoms with E-state index in [4.69, 9.17) is 10.8 Å². The predicted molar refractivity (Wildman–Crippen MR) is 78.7 cm³/mol. The lowest BCUT2D eigenvalue weighted by Gasteiger charge is -2.20. The molecule has 6 N–H and O–H groups in total. The van der Waals surface area contributed by atoms with Crippen LogP contribution in [0.1, 0.15) is 27.2 Å². The fraction of sp³-hybridized carbons (Fsp3) is 0.692. The highest BCUT2D eigenvalue weighted by atomic mass is 16.4. The second kappa shape index (κ2) is 9.72. The zero-order valence-electron chi connectivity index (χ0n) is 13.0. The number of carbonyl (C=O) groups excluding carboxylic acids is 3. The average Bonchev–Trinajstić information content (AvgIpc) is 2.40. The first-order chi connectivity index (χ1) is 10.1. The van der Waals surface area contributed by atoms with Crippen LogP contribution in [-0.2, 0) is 19.2 Å². The van der Waals surface area contributed by atoms with Crippen molar-refractivity contribution < 1.29 is 24.3 Å². The van der Waals surface area contributed by atoms with Gasteiger partial charge in [-0.2, -0.15) is 0 Å². The van der Waals surface area contributed by atoms with Gasteiger partial charge >= 0.3 is 5.97 Å². The summed E-state index contributed by atoms with van der Waals surface area (Å²) in [5.41, 5.74) is 5.34. The molecule has 9 nitrogen and oxygen atoms in total. The maximum Gasteiger partial charge on any atom is 0.322 e. The van der Waals surface area contributed by atoms with E-state index in [1.807, 2.05) is 13.8 Å². The number of amides is 3. The van der Waals surface area contributed by atoms with Gasteiger partial charge in [-0.15, -0.1) is 0 Å². The number of rotatable bonds is 9. The Kier molecular flexibility index (Phi) is 8.76. The largest absolute Gasteiger partial charge is 0.480 e. The second-order valence-electron chi connectivity index (χ2n) is 5.37. The third-order valence-electron chi connectivity index (χ3n) is 2.61. The summed E-state index contributed by atoms with van der Waals surface area (Å²) < 4.78 is 0. The van der Waals surface area contributed by atoms with E-state index in [9.17, 15) is 19.2 Å². The van der Waals surface area contributed by atoms with E-state index < -0.39 is 42.3 Å². The Bertz CT molecular complexity index is 423. The number of carboxylic acids is 1. The minimum absolute atomic E-state index is 0.111. The van der Waals surface area contributed by atoms with Gasteiger partial charge in [-0.3, -0.25) is 19.2 Å². The van der Waals surface area contributed by atoms with E-state index >= 15 is 0 Å². The Hall–Kier alpha value is -2.16. The number of nitrogens with one attached hydrogen (secondary N) is 3. The minimum Gasteiger partial charge on any atom is -0.480 e. The Labute approximate surface area is 129 Å². The smallest absolute Gasteiger partial charge is 0.322 e. The summed E-state index contributed by atoms with van der Waals surface area (Å²) in [6.45, 7) is 4.38. The summed E-state index contributed by atoms with van der Waals surface area (Å²) >= 11 is 0. The lowest BCUT2D eigenvalue weighted by molar-refractivity contribution is -0.138. The minimum atomic E-state index is -1.17. The third kappa shape index (κ3) is 8.90. The molecule has 0 heterocycles. The van der Waals surface area contributed by atoms with Gasteiger partial charge in [0, 0.05) is 0 Å². The van der Waals surface area contributed by atoms with Crippen LogP contribution in [0, 0.1) is 5.92 Å². The standard InChI is InChI=1S/C13H24N4O5/c1-7(2)4-9(13(22)16-6-11(19)20)17-10(18)5-15-12(21)8(3)14/h7-9H,4-6,14H2,1-3H3,(H,15,21)(H,16,22)(H,17,18)(H,19,20). The van der Waals surface area contributed by atoms with Crippen molar-refractivity contribution in [1.29, 1.82) is 0 Å². The molecule has 2 atom stereocenters. The van der Waals surface area contributed by atoms with Crippen LogP contribution in [0.4, 0.5) is 0 Å². The molecule has 9 heteroatoms. The second-order valence-corrected chi connectivity index (χ2v) is 5.37. The van der Waals surface area contributed by atoms with Crippen molar-refractivity contribution in [2.24, 2.45) is 11.7 Å². The summed E-state index contributed by atoms with van der Waals surface area (Å²) in [6.07, 6.45) is 0.346. The van der Waals surface area contributed by atoms with E-state index in [1.165, 1.54) is 6.92 Å². The molecule has 22 heavy (non-hydrogen) atoms. The summed E-state index contributed by atoms with van der Waals surface area (Å²) in [4.78, 5) is 45.3. The van der Waals surface area contributed by atoms with E-state index in [0.29, 0.717) is 6.42 Å². The van der Waals surface area contributed by atoms with Crippen molar-refractivity contribution in [3.8, 4) is 0 Å². The molecule has 3 amide bonds. The van der Waals surface area contributed by atoms with Crippen LogP contribution >= 0.6 is 0 Å². The molecule has 0 rings (SSSR count). The molecule has 0 aromatic heterocycles. The SMILES string of the molecule is CC(C)CC(NC(=O)CNC(=O)C(C)N)C(=O)NCC(=O)O. The van der Waals surface area contributed by atoms with Crippen LogP contribution in [0.15, 0.2) is 0 Å². The van der Waals surface area contributed by atoms with Gasteiger partial charge in [-0.25, -0.2) is 0 Å². The Balaban J connectivity index is 4.50. The molecule has 126 valence electrons. The van der Waals surface area contributed by atoms with E-state index in [-0.39, 0.29) is 12.5 Å². The number of carboxylic acid groups (broad SMARTS) is 1. The van der Waals surface area contributed by atoms with Crippen molar-refractivity contribution in [3.05, 3.63) is 0 Å². The van der Waals surface area contributed by atoms with Gasteiger partial charge in [0.05, 0.1) is 12.6 Å². The van der Waals surface area contributed by atoms with Crippen molar-refractivity contribution in [2.75, 3.05) is 13.1 Å². The third-order valence-corrected chi connectivity index (χ3v) is 2.61. The zero-order chi connectivity index (χ0) is 17.3. The van der Waals surface area contributed by atoms with Crippen LogP contribution in [-0.4, -0.2) is 54.0 Å². The summed E-state index contributed by atoms with van der Waals surface area (Å²) in [5.74, 6) is -2.68. The molecule has 0 aromatic carbocycles. The number of aliphatic carboxylic acids is 1. The van der Waals surface area contributed by atoms with Gasteiger partial charge < -0.3 is 26.8 Å². The van der Waals surface area contributed by atoms with E-state index in [2.05, 4.69) is 16.0 Å². The summed E-state index contributed by atoms with van der Waals surface area (Å²) in [6, 6.07) is -1.60. The normalized spacial score (nSPS) is 13.1. The molecule has 2 unspecified atom stereocenters. The van der Waals surface area contributed by atoms with Gasteiger partial charge in [0.15, 0.2) is 0 Å². The molecule has 0 saturated carbocycles. The molecule has 0 aromatic rings. The number of hydrogen-bond acceptors (Lipinski definition) is 5. The fourth-order valence-electron chi connectivity index (χ4n) is 1.56. The number of nitrogens with two attached hydrogens (primary N) is 1. The first-order valence-electron chi connectivity index (χ1n) is 6.95. The van der Waals surface area contributed by atoms with Gasteiger partial charge in [0.2, 0.25) is 17.7 Å². The predicted octanol–water partition coefficient (Wildman–Crippen LogP) is -1.82. The molecule has 0 saturated heterocycles. The molecule has 0 bridgehead atoms. The fourth-order valence-corrected chi connectivity index (χ4v) is 1.56. The van der Waals surface area contributed by atoms with Gasteiger partial charge in [0.1, 0.15) is 12.6 Å². The van der Waals surface area contributed by atoms with Crippen LogP contribution < -0.4 is 21.7 Å². The summed E-state index contributed by atoms with van der Waals surface area (Å²) in [5, 5.41) is 15.6. The van der Waals surface area contributed by atoms with Crippen LogP contribution in [0.2, 0.25) is 0 Å². The van der Waals surface area contributed by atoms with Crippen molar-refractivity contribution in [3.63, 3.8) is 0 Å². The lowest BCUT2D eigenvalue weighted by Crippen LogP contribution is -2.51. The van der Waals surface area contributed by atoms with Gasteiger partial charge in [0.25, 0.3) is 0 Å². The Morgan fingerprint density at radius 3 is 2.00 bits per heavy atom. The van der Waals surface area contributed by atoms with Crippen molar-refractivity contribution >= 4 is 23.7 Å². The van der Waals surface area contributed by atoms with Crippen LogP contribution in [0.5, 0.6) is 0 Å². The van der Waals surface area contributed by atoms with E-state index in [1.54, 1.807) is 0 Å². The van der Waals surface area contributed by atoms with Crippen molar-refractivity contribution in [1.82, 2.24) is 16.0 Å². The quantitative estimate of drug-likeness (QED) is 0.338. The van der Waals surface area contributed by atoms with Crippen molar-refractivity contribution in [2.45, 2.75) is 39.3 Å². The molecule has 0 aliphatic carbocycles. The average molecular weight is 316 g/mol. The first kappa shape index (κ1) is 19.8. The Morgan fingerprint density at radius 1 is 1.00 bits per heavy atom. The molecular weight excluding hydrogens is 292 g/mol. The first-order valence-corrected chi connectivity index (χ1v) is 6.95. The van der Waals surface area contributed by atoms with Crippen LogP contribution in [0.25, 0.3) is 0 Å². The highest BCUT2D eigenvalue weighted by Gasteiger charge is 2.22. The molecular formula is C13H24N4O5. The maximum absolute atomic E-state index is 11.9. The summed E-state index contributed by atoms with van der Waals surface area (Å²) in [7, 11) is 0. The maximum atomic E-state index is 11.9.